The van der Waals surface area contributed by atoms with Crippen molar-refractivity contribution in [2.45, 2.75) is 51.2 Å². The second-order valence-corrected chi connectivity index (χ2v) is 6.47. The highest BCUT2D eigenvalue weighted by atomic mass is 35.5. The normalized spacial score (nSPS) is 17.7. The minimum Gasteiger partial charge on any atom is -0.335 e. The molecule has 0 amide bonds. The van der Waals surface area contributed by atoms with Gasteiger partial charge in [-0.05, 0) is 44.7 Å². The third-order valence-corrected chi connectivity index (χ3v) is 4.72. The Morgan fingerprint density at radius 2 is 2.14 bits per heavy atom. The van der Waals surface area contributed by atoms with E-state index in [1.807, 2.05) is 31.5 Å². The van der Waals surface area contributed by atoms with E-state index in [1.165, 1.54) is 18.4 Å². The molecule has 3 rings (SSSR count). The number of halogens is 1. The van der Waals surface area contributed by atoms with Crippen LogP contribution in [0.3, 0.4) is 0 Å². The highest BCUT2D eigenvalue weighted by molar-refractivity contribution is 6.31. The van der Waals surface area contributed by atoms with Crippen LogP contribution in [0.5, 0.6) is 0 Å². The van der Waals surface area contributed by atoms with Gasteiger partial charge in [0.25, 0.3) is 0 Å². The zero-order valence-corrected chi connectivity index (χ0v) is 13.4. The molecule has 0 radical (unpaired) electrons. The summed E-state index contributed by atoms with van der Waals surface area (Å²) in [6, 6.07) is 8.65. The molecule has 21 heavy (non-hydrogen) atoms. The fourth-order valence-corrected chi connectivity index (χ4v) is 3.30. The number of nitrogens with one attached hydrogen (secondary N) is 1. The Kier molecular flexibility index (Phi) is 4.05. The molecule has 0 saturated heterocycles. The van der Waals surface area contributed by atoms with E-state index in [4.69, 9.17) is 11.6 Å². The topological polar surface area (TPSA) is 29.9 Å². The second-order valence-electron chi connectivity index (χ2n) is 6.06. The van der Waals surface area contributed by atoms with E-state index in [0.717, 1.165) is 23.8 Å². The van der Waals surface area contributed by atoms with Crippen LogP contribution >= 0.6 is 11.6 Å². The van der Waals surface area contributed by atoms with Crippen LogP contribution in [0.25, 0.3) is 0 Å². The van der Waals surface area contributed by atoms with Gasteiger partial charge < -0.3 is 9.88 Å². The fourth-order valence-electron chi connectivity index (χ4n) is 2.98. The summed E-state index contributed by atoms with van der Waals surface area (Å²) < 4.78 is 2.20. The molecule has 1 heterocycles. The molecule has 112 valence electrons. The molecule has 1 atom stereocenters. The minimum absolute atomic E-state index is 0.0990. The van der Waals surface area contributed by atoms with Gasteiger partial charge in [-0.3, -0.25) is 0 Å². The number of aryl methyl sites for hydroxylation is 2. The lowest BCUT2D eigenvalue weighted by atomic mass is 10.0. The van der Waals surface area contributed by atoms with Crippen LogP contribution in [0.1, 0.15) is 37.6 Å². The van der Waals surface area contributed by atoms with Gasteiger partial charge in [0.05, 0.1) is 0 Å². The summed E-state index contributed by atoms with van der Waals surface area (Å²) in [7, 11) is 0. The third-order valence-electron chi connectivity index (χ3n) is 4.39. The largest absolute Gasteiger partial charge is 0.335 e. The van der Waals surface area contributed by atoms with Crippen molar-refractivity contribution >= 4 is 11.6 Å². The van der Waals surface area contributed by atoms with E-state index < -0.39 is 0 Å². The van der Waals surface area contributed by atoms with Crippen molar-refractivity contribution < 1.29 is 0 Å². The maximum Gasteiger partial charge on any atom is 0.105 e. The second kappa shape index (κ2) is 5.82. The Labute approximate surface area is 131 Å². The van der Waals surface area contributed by atoms with Crippen LogP contribution in [0.2, 0.25) is 5.02 Å². The maximum absolute atomic E-state index is 6.36. The van der Waals surface area contributed by atoms with Crippen LogP contribution in [0, 0.1) is 6.92 Å². The van der Waals surface area contributed by atoms with Crippen molar-refractivity contribution in [2.24, 2.45) is 0 Å². The van der Waals surface area contributed by atoms with Crippen molar-refractivity contribution in [3.8, 4) is 0 Å². The number of hydrogen-bond acceptors (Lipinski definition) is 2. The lowest BCUT2D eigenvalue weighted by Crippen LogP contribution is -2.37. The Bertz CT molecular complexity index is 616. The van der Waals surface area contributed by atoms with Crippen LogP contribution in [0.15, 0.2) is 36.7 Å². The molecule has 1 aliphatic carbocycles. The molecular formula is C17H22ClN3. The van der Waals surface area contributed by atoms with Crippen molar-refractivity contribution in [1.29, 1.82) is 0 Å². The molecule has 1 saturated carbocycles. The summed E-state index contributed by atoms with van der Waals surface area (Å²) in [6.45, 7) is 5.30. The molecule has 0 unspecified atom stereocenters. The zero-order chi connectivity index (χ0) is 14.9. The summed E-state index contributed by atoms with van der Waals surface area (Å²) in [6.07, 6.45) is 7.34. The van der Waals surface area contributed by atoms with Crippen molar-refractivity contribution in [1.82, 2.24) is 14.9 Å². The predicted octanol–water partition coefficient (Wildman–Crippen LogP) is 3.90. The summed E-state index contributed by atoms with van der Waals surface area (Å²) >= 11 is 6.36. The van der Waals surface area contributed by atoms with E-state index in [0.29, 0.717) is 6.04 Å². The molecule has 2 aromatic rings. The Hall–Kier alpha value is -1.32. The molecule has 3 nitrogen and oxygen atoms in total. The summed E-state index contributed by atoms with van der Waals surface area (Å²) in [5.41, 5.74) is 1.35. The quantitative estimate of drug-likeness (QED) is 0.877. The average molecular weight is 304 g/mol. The van der Waals surface area contributed by atoms with Crippen molar-refractivity contribution in [3.05, 3.63) is 53.1 Å². The first kappa shape index (κ1) is 14.6. The van der Waals surface area contributed by atoms with Crippen LogP contribution in [0.4, 0.5) is 0 Å². The van der Waals surface area contributed by atoms with Gasteiger partial charge in [0.1, 0.15) is 5.82 Å². The SMILES string of the molecule is Cc1nccn1CC[C@H](C)NC1(c2ccccc2Cl)CC1. The Morgan fingerprint density at radius 1 is 1.38 bits per heavy atom. The summed E-state index contributed by atoms with van der Waals surface area (Å²) in [5, 5.41) is 4.66. The molecule has 1 N–H and O–H groups in total. The highest BCUT2D eigenvalue weighted by Gasteiger charge is 2.45. The Balaban J connectivity index is 1.61. The number of hydrogen-bond donors (Lipinski definition) is 1. The number of benzene rings is 1. The molecule has 0 bridgehead atoms. The smallest absolute Gasteiger partial charge is 0.105 e. The van der Waals surface area contributed by atoms with E-state index in [-0.39, 0.29) is 5.54 Å². The molecule has 1 aromatic heterocycles. The summed E-state index contributed by atoms with van der Waals surface area (Å²) in [5.74, 6) is 1.08. The van der Waals surface area contributed by atoms with E-state index in [1.54, 1.807) is 0 Å². The van der Waals surface area contributed by atoms with Gasteiger partial charge in [-0.2, -0.15) is 0 Å². The molecule has 0 aliphatic heterocycles. The first-order valence-corrected chi connectivity index (χ1v) is 7.99. The maximum atomic E-state index is 6.36. The lowest BCUT2D eigenvalue weighted by Gasteiger charge is -2.24. The van der Waals surface area contributed by atoms with Crippen LogP contribution in [-0.4, -0.2) is 15.6 Å². The monoisotopic (exact) mass is 303 g/mol. The van der Waals surface area contributed by atoms with Gasteiger partial charge in [-0.15, -0.1) is 0 Å². The highest BCUT2D eigenvalue weighted by Crippen LogP contribution is 2.48. The Morgan fingerprint density at radius 3 is 2.76 bits per heavy atom. The predicted molar refractivity (Wildman–Crippen MR) is 86.5 cm³/mol. The number of aromatic nitrogens is 2. The molecular weight excluding hydrogens is 282 g/mol. The van der Waals surface area contributed by atoms with Gasteiger partial charge in [-0.1, -0.05) is 29.8 Å². The first-order chi connectivity index (χ1) is 10.1. The average Bonchev–Trinajstić information content (AvgIpc) is 3.11. The molecule has 4 heteroatoms. The lowest BCUT2D eigenvalue weighted by molar-refractivity contribution is 0.401. The number of rotatable bonds is 6. The van der Waals surface area contributed by atoms with Gasteiger partial charge >= 0.3 is 0 Å². The fraction of sp³-hybridized carbons (Fsp3) is 0.471. The molecule has 1 aromatic carbocycles. The first-order valence-electron chi connectivity index (χ1n) is 7.61. The summed E-state index contributed by atoms with van der Waals surface area (Å²) in [4.78, 5) is 4.27. The molecule has 0 spiro atoms. The van der Waals surface area contributed by atoms with Crippen molar-refractivity contribution in [3.63, 3.8) is 0 Å². The number of nitrogens with zero attached hydrogens (tertiary/aromatic N) is 2. The third kappa shape index (κ3) is 3.14. The van der Waals surface area contributed by atoms with Gasteiger partial charge in [0, 0.05) is 35.5 Å². The van der Waals surface area contributed by atoms with Gasteiger partial charge in [-0.25, -0.2) is 4.98 Å². The van der Waals surface area contributed by atoms with E-state index in [9.17, 15) is 0 Å². The molecule has 1 aliphatic rings. The van der Waals surface area contributed by atoms with Crippen LogP contribution < -0.4 is 5.32 Å². The van der Waals surface area contributed by atoms with Gasteiger partial charge in [0.2, 0.25) is 0 Å². The standard InChI is InChI=1S/C17H22ClN3/c1-13(7-11-21-12-10-19-14(21)2)20-17(8-9-17)15-5-3-4-6-16(15)18/h3-6,10,12-13,20H,7-9,11H2,1-2H3/t13-/m0/s1. The van der Waals surface area contributed by atoms with E-state index >= 15 is 0 Å². The van der Waals surface area contributed by atoms with E-state index in [2.05, 4.69) is 33.9 Å². The minimum atomic E-state index is 0.0990. The van der Waals surface area contributed by atoms with Crippen LogP contribution in [-0.2, 0) is 12.1 Å². The van der Waals surface area contributed by atoms with Gasteiger partial charge in [0.15, 0.2) is 0 Å². The zero-order valence-electron chi connectivity index (χ0n) is 12.6. The molecule has 1 fully saturated rings. The number of imidazole rings is 1. The van der Waals surface area contributed by atoms with Crippen molar-refractivity contribution in [2.75, 3.05) is 0 Å².